The minimum absolute atomic E-state index is 0.416. The first-order valence-electron chi connectivity index (χ1n) is 6.29. The van der Waals surface area contributed by atoms with Crippen molar-refractivity contribution in [1.29, 1.82) is 10.5 Å². The van der Waals surface area contributed by atoms with Gasteiger partial charge in [0.1, 0.15) is 12.1 Å². The molecule has 0 saturated carbocycles. The van der Waals surface area contributed by atoms with Crippen molar-refractivity contribution in [2.24, 2.45) is 0 Å². The Morgan fingerprint density at radius 3 is 2.15 bits per heavy atom. The molecule has 0 spiro atoms. The van der Waals surface area contributed by atoms with E-state index in [1.54, 1.807) is 12.1 Å². The van der Waals surface area contributed by atoms with Crippen LogP contribution in [0.1, 0.15) is 16.7 Å². The first kappa shape index (κ1) is 13.6. The van der Waals surface area contributed by atoms with E-state index in [-0.39, 0.29) is 0 Å². The van der Waals surface area contributed by atoms with E-state index in [2.05, 4.69) is 17.0 Å². The highest BCUT2D eigenvalue weighted by molar-refractivity contribution is 5.72. The zero-order valence-electron chi connectivity index (χ0n) is 11.8. The Balaban J connectivity index is 2.53. The Kier molecular flexibility index (Phi) is 3.73. The summed E-state index contributed by atoms with van der Waals surface area (Å²) in [5.41, 5.74) is 5.16. The highest BCUT2D eigenvalue weighted by Gasteiger charge is 2.08. The zero-order valence-corrected chi connectivity index (χ0v) is 11.8. The van der Waals surface area contributed by atoms with Gasteiger partial charge < -0.3 is 4.90 Å². The van der Waals surface area contributed by atoms with Crippen molar-refractivity contribution in [3.63, 3.8) is 0 Å². The average Bonchev–Trinajstić information content (AvgIpc) is 2.46. The lowest BCUT2D eigenvalue weighted by molar-refractivity contribution is 1.13. The fourth-order valence-corrected chi connectivity index (χ4v) is 2.15. The van der Waals surface area contributed by atoms with Gasteiger partial charge in [0, 0.05) is 19.8 Å². The van der Waals surface area contributed by atoms with Crippen molar-refractivity contribution in [3.8, 4) is 23.3 Å². The molecule has 3 nitrogen and oxygen atoms in total. The van der Waals surface area contributed by atoms with E-state index in [0.717, 1.165) is 22.4 Å². The second-order valence-corrected chi connectivity index (χ2v) is 4.88. The van der Waals surface area contributed by atoms with Crippen LogP contribution in [0, 0.1) is 29.6 Å². The van der Waals surface area contributed by atoms with Gasteiger partial charge in [0.2, 0.25) is 0 Å². The van der Waals surface area contributed by atoms with Crippen molar-refractivity contribution in [2.75, 3.05) is 19.0 Å². The number of nitriles is 2. The molecule has 0 N–H and O–H groups in total. The lowest BCUT2D eigenvalue weighted by Crippen LogP contribution is -2.08. The largest absolute Gasteiger partial charge is 0.378 e. The first-order chi connectivity index (χ1) is 9.56. The third kappa shape index (κ3) is 2.48. The molecular weight excluding hydrogens is 246 g/mol. The van der Waals surface area contributed by atoms with Gasteiger partial charge in [-0.05, 0) is 47.9 Å². The van der Waals surface area contributed by atoms with Gasteiger partial charge in [0.15, 0.2) is 0 Å². The molecule has 0 amide bonds. The summed E-state index contributed by atoms with van der Waals surface area (Å²) in [4.78, 5) is 2.05. The van der Waals surface area contributed by atoms with E-state index >= 15 is 0 Å². The quantitative estimate of drug-likeness (QED) is 0.831. The van der Waals surface area contributed by atoms with Gasteiger partial charge in [0.05, 0.1) is 11.1 Å². The molecule has 0 heterocycles. The fraction of sp³-hybridized carbons (Fsp3) is 0.176. The molecule has 0 aromatic heterocycles. The molecule has 2 aromatic carbocycles. The Morgan fingerprint density at radius 1 is 0.900 bits per heavy atom. The normalized spacial score (nSPS) is 9.65. The molecule has 2 aromatic rings. The molecule has 0 unspecified atom stereocenters. The Labute approximate surface area is 119 Å². The van der Waals surface area contributed by atoms with E-state index < -0.39 is 0 Å². The Bertz CT molecular complexity index is 731. The molecule has 20 heavy (non-hydrogen) atoms. The predicted molar refractivity (Wildman–Crippen MR) is 80.4 cm³/mol. The fourth-order valence-electron chi connectivity index (χ4n) is 2.15. The molecule has 0 aliphatic carbocycles. The lowest BCUT2D eigenvalue weighted by Gasteiger charge is -2.15. The van der Waals surface area contributed by atoms with Gasteiger partial charge in [-0.25, -0.2) is 0 Å². The molecule has 0 bridgehead atoms. The van der Waals surface area contributed by atoms with Crippen LogP contribution < -0.4 is 4.90 Å². The van der Waals surface area contributed by atoms with Crippen molar-refractivity contribution >= 4 is 5.69 Å². The Hall–Kier alpha value is -2.78. The summed E-state index contributed by atoms with van der Waals surface area (Å²) < 4.78 is 0. The molecule has 0 atom stereocenters. The third-order valence-electron chi connectivity index (χ3n) is 3.30. The summed E-state index contributed by atoms with van der Waals surface area (Å²) in [6.07, 6.45) is 0. The van der Waals surface area contributed by atoms with Crippen LogP contribution in [-0.4, -0.2) is 14.1 Å². The first-order valence-corrected chi connectivity index (χ1v) is 6.29. The topological polar surface area (TPSA) is 50.8 Å². The van der Waals surface area contributed by atoms with Gasteiger partial charge in [-0.3, -0.25) is 0 Å². The number of aryl methyl sites for hydroxylation is 1. The summed E-state index contributed by atoms with van der Waals surface area (Å²) in [5.74, 6) is 0. The monoisotopic (exact) mass is 261 g/mol. The maximum atomic E-state index is 9.10. The van der Waals surface area contributed by atoms with Crippen LogP contribution in [0.15, 0.2) is 36.4 Å². The lowest BCUT2D eigenvalue weighted by atomic mass is 9.96. The van der Waals surface area contributed by atoms with Crippen LogP contribution in [0.25, 0.3) is 11.1 Å². The van der Waals surface area contributed by atoms with Gasteiger partial charge in [-0.1, -0.05) is 12.1 Å². The number of hydrogen-bond acceptors (Lipinski definition) is 3. The highest BCUT2D eigenvalue weighted by Crippen LogP contribution is 2.28. The van der Waals surface area contributed by atoms with Crippen LogP contribution >= 0.6 is 0 Å². The number of rotatable bonds is 2. The molecule has 98 valence electrons. The van der Waals surface area contributed by atoms with Gasteiger partial charge in [-0.15, -0.1) is 0 Å². The standard InChI is InChI=1S/C17H15N3/c1-12-8-16(20(2)3)6-7-17(12)13-4-5-14(10-18)15(9-13)11-19/h4-9H,1-3H3. The Morgan fingerprint density at radius 2 is 1.60 bits per heavy atom. The van der Waals surface area contributed by atoms with E-state index in [0.29, 0.717) is 11.1 Å². The second-order valence-electron chi connectivity index (χ2n) is 4.88. The van der Waals surface area contributed by atoms with Crippen molar-refractivity contribution in [1.82, 2.24) is 0 Å². The molecular formula is C17H15N3. The molecule has 3 heteroatoms. The molecule has 0 fully saturated rings. The SMILES string of the molecule is Cc1cc(N(C)C)ccc1-c1ccc(C#N)c(C#N)c1. The van der Waals surface area contributed by atoms with Gasteiger partial charge in [-0.2, -0.15) is 10.5 Å². The maximum Gasteiger partial charge on any atom is 0.101 e. The van der Waals surface area contributed by atoms with E-state index in [9.17, 15) is 0 Å². The van der Waals surface area contributed by atoms with Crippen LogP contribution in [-0.2, 0) is 0 Å². The summed E-state index contributed by atoms with van der Waals surface area (Å²) >= 11 is 0. The van der Waals surface area contributed by atoms with Crippen LogP contribution in [0.5, 0.6) is 0 Å². The molecule has 2 rings (SSSR count). The summed E-state index contributed by atoms with van der Waals surface area (Å²) in [7, 11) is 4.01. The molecule has 0 radical (unpaired) electrons. The van der Waals surface area contributed by atoms with Crippen molar-refractivity contribution in [2.45, 2.75) is 6.92 Å². The summed E-state index contributed by atoms with van der Waals surface area (Å²) in [5, 5.41) is 18.1. The molecule has 0 aliphatic rings. The predicted octanol–water partition coefficient (Wildman–Crippen LogP) is 3.47. The smallest absolute Gasteiger partial charge is 0.101 e. The summed E-state index contributed by atoms with van der Waals surface area (Å²) in [6, 6.07) is 15.7. The van der Waals surface area contributed by atoms with Gasteiger partial charge in [0.25, 0.3) is 0 Å². The highest BCUT2D eigenvalue weighted by atomic mass is 15.1. The minimum Gasteiger partial charge on any atom is -0.378 e. The van der Waals surface area contributed by atoms with Crippen LogP contribution in [0.3, 0.4) is 0 Å². The van der Waals surface area contributed by atoms with E-state index in [4.69, 9.17) is 10.5 Å². The third-order valence-corrected chi connectivity index (χ3v) is 3.30. The van der Waals surface area contributed by atoms with E-state index in [1.807, 2.05) is 45.3 Å². The maximum absolute atomic E-state index is 9.10. The molecule has 0 saturated heterocycles. The van der Waals surface area contributed by atoms with Crippen molar-refractivity contribution < 1.29 is 0 Å². The number of benzene rings is 2. The van der Waals surface area contributed by atoms with Crippen LogP contribution in [0.4, 0.5) is 5.69 Å². The average molecular weight is 261 g/mol. The van der Waals surface area contributed by atoms with Crippen molar-refractivity contribution in [3.05, 3.63) is 53.1 Å². The summed E-state index contributed by atoms with van der Waals surface area (Å²) in [6.45, 7) is 2.05. The zero-order chi connectivity index (χ0) is 14.7. The van der Waals surface area contributed by atoms with Crippen LogP contribution in [0.2, 0.25) is 0 Å². The molecule has 0 aliphatic heterocycles. The number of nitrogens with zero attached hydrogens (tertiary/aromatic N) is 3. The number of hydrogen-bond donors (Lipinski definition) is 0. The number of anilines is 1. The van der Waals surface area contributed by atoms with Gasteiger partial charge >= 0.3 is 0 Å². The second kappa shape index (κ2) is 5.47. The minimum atomic E-state index is 0.416. The van der Waals surface area contributed by atoms with E-state index in [1.165, 1.54) is 0 Å².